The first kappa shape index (κ1) is 23.6. The Morgan fingerprint density at radius 1 is 0.833 bits per heavy atom. The van der Waals surface area contributed by atoms with Gasteiger partial charge in [0.1, 0.15) is 11.4 Å². The number of hydrogen-bond acceptors (Lipinski definition) is 4. The molecule has 0 unspecified atom stereocenters. The number of anilines is 2. The number of carbonyl (C=O) groups excluding carboxylic acids is 4. The number of piperidine rings is 1. The van der Waals surface area contributed by atoms with Crippen LogP contribution in [0.3, 0.4) is 0 Å². The molecule has 42 heavy (non-hydrogen) atoms. The number of fused-ring (bicyclic) bond motifs is 6. The van der Waals surface area contributed by atoms with Gasteiger partial charge in [-0.1, -0.05) is 6.08 Å². The predicted octanol–water partition coefficient (Wildman–Crippen LogP) is 3.78. The van der Waals surface area contributed by atoms with Gasteiger partial charge in [-0.15, -0.1) is 0 Å². The number of carbonyl (C=O) groups is 4. The fourth-order valence-electron chi connectivity index (χ4n) is 7.75. The number of aromatic amines is 2. The van der Waals surface area contributed by atoms with Crippen LogP contribution in [0.4, 0.5) is 16.2 Å². The maximum Gasteiger partial charge on any atom is 0.319 e. The molecule has 2 aromatic heterocycles. The van der Waals surface area contributed by atoms with Gasteiger partial charge in [0, 0.05) is 70.0 Å². The molecule has 5 aliphatic rings. The van der Waals surface area contributed by atoms with Crippen molar-refractivity contribution in [2.24, 2.45) is 17.1 Å². The minimum atomic E-state index is -0.478. The van der Waals surface area contributed by atoms with E-state index in [2.05, 4.69) is 9.97 Å². The average molecular weight is 559 g/mol. The summed E-state index contributed by atoms with van der Waals surface area (Å²) >= 11 is 0. The summed E-state index contributed by atoms with van der Waals surface area (Å²) in [6.07, 6.45) is 7.55. The van der Waals surface area contributed by atoms with E-state index in [0.717, 1.165) is 56.4 Å². The van der Waals surface area contributed by atoms with Crippen LogP contribution in [0.5, 0.6) is 0 Å². The van der Waals surface area contributed by atoms with Crippen LogP contribution in [0, 0.1) is 11.3 Å². The highest BCUT2D eigenvalue weighted by molar-refractivity contribution is 6.12. The average Bonchev–Trinajstić information content (AvgIpc) is 3.61. The SMILES string of the molecule is NC(=O)N1CCc2c1ccc1[nH]c(C(=O)N3CCc4c3ccc3[nH]c(C(=O)N5C[C@@H]6C[C@@]67C=CC(=O)C=C57)cc43)cc21. The number of benzene rings is 2. The third-order valence-corrected chi connectivity index (χ3v) is 9.90. The number of aromatic nitrogens is 2. The van der Waals surface area contributed by atoms with E-state index in [4.69, 9.17) is 5.73 Å². The molecule has 2 aromatic carbocycles. The standard InChI is InChI=1S/C32H26N6O4/c33-31(42)37-10-7-19-21-12-24(34-23(21)2-4-27(19)37)29(40)36-9-6-18-20-13-25(35-22(20)1-3-26(18)36)30(41)38-15-16-14-32(16)8-5-17(39)11-28(32)38/h1-5,8,11-13,16,34-35H,6-7,9-10,14-15H2,(H2,33,42)/t16-,32-/m0/s1. The van der Waals surface area contributed by atoms with E-state index in [0.29, 0.717) is 49.8 Å². The number of nitrogens with one attached hydrogen (secondary N) is 2. The summed E-state index contributed by atoms with van der Waals surface area (Å²) in [6, 6.07) is 10.9. The topological polar surface area (TPSA) is 136 Å². The maximum absolute atomic E-state index is 13.8. The zero-order valence-corrected chi connectivity index (χ0v) is 22.6. The van der Waals surface area contributed by atoms with Crippen LogP contribution < -0.4 is 15.5 Å². The van der Waals surface area contributed by atoms with Gasteiger partial charge in [0.25, 0.3) is 11.8 Å². The van der Waals surface area contributed by atoms with E-state index in [9.17, 15) is 19.2 Å². The number of likely N-dealkylation sites (tertiary alicyclic amines) is 1. The molecule has 2 aliphatic carbocycles. The van der Waals surface area contributed by atoms with Crippen molar-refractivity contribution in [1.29, 1.82) is 0 Å². The van der Waals surface area contributed by atoms with Crippen molar-refractivity contribution < 1.29 is 19.2 Å². The van der Waals surface area contributed by atoms with E-state index < -0.39 is 6.03 Å². The summed E-state index contributed by atoms with van der Waals surface area (Å²) in [5.41, 5.74) is 12.5. The van der Waals surface area contributed by atoms with Crippen LogP contribution in [-0.2, 0) is 17.6 Å². The highest BCUT2D eigenvalue weighted by Gasteiger charge is 2.63. The summed E-state index contributed by atoms with van der Waals surface area (Å²) in [5, 5.41) is 1.86. The molecule has 2 atom stereocenters. The number of hydrogen-bond donors (Lipinski definition) is 3. The zero-order valence-electron chi connectivity index (χ0n) is 22.6. The number of urea groups is 1. The molecule has 208 valence electrons. The number of nitrogens with zero attached hydrogens (tertiary/aromatic N) is 3. The van der Waals surface area contributed by atoms with Gasteiger partial charge in [-0.05, 0) is 78.8 Å². The fourth-order valence-corrected chi connectivity index (χ4v) is 7.75. The van der Waals surface area contributed by atoms with E-state index in [1.807, 2.05) is 42.5 Å². The number of nitrogens with two attached hydrogens (primary N) is 1. The molecular weight excluding hydrogens is 532 g/mol. The monoisotopic (exact) mass is 558 g/mol. The van der Waals surface area contributed by atoms with E-state index >= 15 is 0 Å². The molecule has 9 rings (SSSR count). The van der Waals surface area contributed by atoms with Crippen LogP contribution >= 0.6 is 0 Å². The van der Waals surface area contributed by atoms with E-state index in [1.165, 1.54) is 0 Å². The number of H-pyrrole nitrogens is 2. The zero-order chi connectivity index (χ0) is 28.5. The molecule has 1 spiro atoms. The Hall–Kier alpha value is -5.12. The predicted molar refractivity (Wildman–Crippen MR) is 156 cm³/mol. The first-order valence-corrected chi connectivity index (χ1v) is 14.3. The summed E-state index contributed by atoms with van der Waals surface area (Å²) in [7, 11) is 0. The third-order valence-electron chi connectivity index (χ3n) is 9.90. The Balaban J connectivity index is 1.03. The van der Waals surface area contributed by atoms with Crippen LogP contribution in [0.15, 0.2) is 60.3 Å². The Kier molecular flexibility index (Phi) is 4.37. The van der Waals surface area contributed by atoms with Crippen LogP contribution in [0.2, 0.25) is 0 Å². The van der Waals surface area contributed by atoms with Gasteiger partial charge in [-0.25, -0.2) is 4.79 Å². The van der Waals surface area contributed by atoms with E-state index in [1.54, 1.807) is 26.9 Å². The molecule has 4 N–H and O–H groups in total. The molecular formula is C32H26N6O4. The number of allylic oxidation sites excluding steroid dienone is 3. The molecule has 4 aromatic rings. The van der Waals surface area contributed by atoms with Crippen molar-refractivity contribution in [2.45, 2.75) is 19.3 Å². The molecule has 1 saturated carbocycles. The van der Waals surface area contributed by atoms with E-state index in [-0.39, 0.29) is 23.0 Å². The Morgan fingerprint density at radius 2 is 1.43 bits per heavy atom. The largest absolute Gasteiger partial charge is 0.351 e. The lowest BCUT2D eigenvalue weighted by Crippen LogP contribution is -2.33. The van der Waals surface area contributed by atoms with Gasteiger partial charge in [0.05, 0.1) is 0 Å². The Bertz CT molecular complexity index is 2030. The maximum atomic E-state index is 13.8. The number of rotatable bonds is 2. The minimum Gasteiger partial charge on any atom is -0.351 e. The number of amides is 4. The molecule has 4 amide bonds. The fraction of sp³-hybridized carbons (Fsp3) is 0.250. The quantitative estimate of drug-likeness (QED) is 0.345. The summed E-state index contributed by atoms with van der Waals surface area (Å²) in [5.74, 6) is 0.0377. The summed E-state index contributed by atoms with van der Waals surface area (Å²) in [4.78, 5) is 63.0. The molecule has 5 heterocycles. The Morgan fingerprint density at radius 3 is 2.07 bits per heavy atom. The number of primary amides is 1. The van der Waals surface area contributed by atoms with Crippen molar-refractivity contribution in [3.05, 3.63) is 82.8 Å². The van der Waals surface area contributed by atoms with Crippen molar-refractivity contribution in [3.8, 4) is 0 Å². The van der Waals surface area contributed by atoms with Gasteiger partial charge in [0.2, 0.25) is 0 Å². The molecule has 0 bridgehead atoms. The lowest BCUT2D eigenvalue weighted by atomic mass is 9.95. The molecule has 3 aliphatic heterocycles. The lowest BCUT2D eigenvalue weighted by molar-refractivity contribution is -0.110. The minimum absolute atomic E-state index is 0.0767. The molecule has 1 saturated heterocycles. The van der Waals surface area contributed by atoms with Crippen LogP contribution in [-0.4, -0.2) is 58.1 Å². The van der Waals surface area contributed by atoms with Crippen LogP contribution in [0.1, 0.15) is 38.5 Å². The van der Waals surface area contributed by atoms with Crippen molar-refractivity contribution in [3.63, 3.8) is 0 Å². The van der Waals surface area contributed by atoms with Crippen molar-refractivity contribution in [2.75, 3.05) is 29.4 Å². The van der Waals surface area contributed by atoms with Gasteiger partial charge in [-0.3, -0.25) is 19.3 Å². The van der Waals surface area contributed by atoms with Crippen molar-refractivity contribution >= 4 is 56.8 Å². The normalized spacial score (nSPS) is 23.3. The summed E-state index contributed by atoms with van der Waals surface area (Å²) < 4.78 is 0. The smallest absolute Gasteiger partial charge is 0.319 e. The van der Waals surface area contributed by atoms with Crippen LogP contribution in [0.25, 0.3) is 21.8 Å². The molecule has 10 nitrogen and oxygen atoms in total. The van der Waals surface area contributed by atoms with Crippen molar-refractivity contribution in [1.82, 2.24) is 14.9 Å². The number of ketones is 1. The van der Waals surface area contributed by atoms with Gasteiger partial charge in [0.15, 0.2) is 5.78 Å². The van der Waals surface area contributed by atoms with Gasteiger partial charge >= 0.3 is 6.03 Å². The second-order valence-corrected chi connectivity index (χ2v) is 12.0. The molecule has 10 heteroatoms. The first-order chi connectivity index (χ1) is 20.3. The van der Waals surface area contributed by atoms with Gasteiger partial charge < -0.3 is 25.5 Å². The molecule has 2 fully saturated rings. The highest BCUT2D eigenvalue weighted by Crippen LogP contribution is 2.65. The second-order valence-electron chi connectivity index (χ2n) is 12.0. The summed E-state index contributed by atoms with van der Waals surface area (Å²) in [6.45, 7) is 1.68. The third kappa shape index (κ3) is 2.98. The molecule has 0 radical (unpaired) electrons. The lowest BCUT2D eigenvalue weighted by Gasteiger charge is -2.24. The second kappa shape index (κ2) is 7.79. The van der Waals surface area contributed by atoms with Gasteiger partial charge in [-0.2, -0.15) is 0 Å². The Labute approximate surface area is 239 Å². The first-order valence-electron chi connectivity index (χ1n) is 14.3. The highest BCUT2D eigenvalue weighted by atomic mass is 16.2.